The molecule has 0 radical (unpaired) electrons. The van der Waals surface area contributed by atoms with Gasteiger partial charge in [0.15, 0.2) is 0 Å². The van der Waals surface area contributed by atoms with E-state index in [1.165, 1.54) is 19.0 Å². The Bertz CT molecular complexity index is 429. The molecule has 3 N–H and O–H groups in total. The first-order chi connectivity index (χ1) is 7.71. The van der Waals surface area contributed by atoms with Gasteiger partial charge in [-0.05, 0) is 18.2 Å². The third-order valence-electron chi connectivity index (χ3n) is 2.03. The fourth-order valence-electron chi connectivity index (χ4n) is 1.08. The van der Waals surface area contributed by atoms with Crippen LogP contribution in [-0.4, -0.2) is 25.0 Å². The van der Waals surface area contributed by atoms with E-state index in [1.54, 1.807) is 0 Å². The minimum absolute atomic E-state index is 0.130. The lowest BCUT2D eigenvalue weighted by Crippen LogP contribution is -2.27. The van der Waals surface area contributed by atoms with Crippen molar-refractivity contribution in [3.8, 4) is 0 Å². The van der Waals surface area contributed by atoms with Crippen molar-refractivity contribution in [1.82, 2.24) is 4.90 Å². The van der Waals surface area contributed by atoms with Gasteiger partial charge in [-0.25, -0.2) is 4.79 Å². The number of urea groups is 1. The summed E-state index contributed by atoms with van der Waals surface area (Å²) in [4.78, 5) is 12.5. The fraction of sp³-hybridized carbons (Fsp3) is 0.300. The first kappa shape index (κ1) is 13.1. The molecule has 94 valence electrons. The molecule has 0 aliphatic carbocycles. The number of anilines is 2. The minimum Gasteiger partial charge on any atom is -0.397 e. The van der Waals surface area contributed by atoms with E-state index in [-0.39, 0.29) is 11.4 Å². The van der Waals surface area contributed by atoms with Crippen molar-refractivity contribution in [2.45, 2.75) is 6.18 Å². The van der Waals surface area contributed by atoms with E-state index in [9.17, 15) is 18.0 Å². The number of hydrogen-bond donors (Lipinski definition) is 2. The molecule has 7 heteroatoms. The summed E-state index contributed by atoms with van der Waals surface area (Å²) in [6, 6.07) is 2.31. The van der Waals surface area contributed by atoms with Crippen molar-refractivity contribution in [2.75, 3.05) is 25.1 Å². The van der Waals surface area contributed by atoms with Gasteiger partial charge >= 0.3 is 12.2 Å². The van der Waals surface area contributed by atoms with Gasteiger partial charge in [0.2, 0.25) is 0 Å². The molecule has 1 aromatic carbocycles. The second-order valence-electron chi connectivity index (χ2n) is 3.62. The summed E-state index contributed by atoms with van der Waals surface area (Å²) >= 11 is 0. The number of carbonyl (C=O) groups is 1. The van der Waals surface area contributed by atoms with E-state index in [2.05, 4.69) is 5.32 Å². The molecule has 0 aliphatic rings. The topological polar surface area (TPSA) is 58.4 Å². The number of alkyl halides is 3. The zero-order valence-corrected chi connectivity index (χ0v) is 9.30. The predicted molar refractivity (Wildman–Crippen MR) is 58.6 cm³/mol. The normalized spacial score (nSPS) is 11.1. The Kier molecular flexibility index (Phi) is 3.50. The van der Waals surface area contributed by atoms with Gasteiger partial charge in [0.25, 0.3) is 0 Å². The van der Waals surface area contributed by atoms with Gasteiger partial charge in [0.05, 0.1) is 16.9 Å². The summed E-state index contributed by atoms with van der Waals surface area (Å²) in [5.41, 5.74) is 4.60. The highest BCUT2D eigenvalue weighted by Crippen LogP contribution is 2.32. The Hall–Kier alpha value is -1.92. The SMILES string of the molecule is CN(C)C(=O)Nc1ccc(C(F)(F)F)cc1N. The molecule has 1 rings (SSSR count). The van der Waals surface area contributed by atoms with Gasteiger partial charge in [-0.1, -0.05) is 0 Å². The van der Waals surface area contributed by atoms with Crippen molar-refractivity contribution in [2.24, 2.45) is 0 Å². The van der Waals surface area contributed by atoms with Gasteiger partial charge in [0, 0.05) is 14.1 Å². The van der Waals surface area contributed by atoms with Crippen molar-refractivity contribution < 1.29 is 18.0 Å². The van der Waals surface area contributed by atoms with Crippen LogP contribution in [-0.2, 0) is 6.18 Å². The molecule has 0 heterocycles. The third kappa shape index (κ3) is 3.27. The van der Waals surface area contributed by atoms with Crippen LogP contribution in [0.1, 0.15) is 5.56 Å². The van der Waals surface area contributed by atoms with E-state index < -0.39 is 17.8 Å². The molecule has 17 heavy (non-hydrogen) atoms. The lowest BCUT2D eigenvalue weighted by molar-refractivity contribution is -0.137. The number of nitrogens with zero attached hydrogens (tertiary/aromatic N) is 1. The molecule has 0 aromatic heterocycles. The Balaban J connectivity index is 2.95. The Labute approximate surface area is 96.2 Å². The zero-order valence-electron chi connectivity index (χ0n) is 9.30. The maximum atomic E-state index is 12.3. The number of carbonyl (C=O) groups excluding carboxylic acids is 1. The molecule has 0 saturated carbocycles. The van der Waals surface area contributed by atoms with Crippen molar-refractivity contribution in [1.29, 1.82) is 0 Å². The largest absolute Gasteiger partial charge is 0.416 e. The predicted octanol–water partition coefficient (Wildman–Crippen LogP) is 2.38. The molecule has 0 bridgehead atoms. The highest BCUT2D eigenvalue weighted by atomic mass is 19.4. The second-order valence-corrected chi connectivity index (χ2v) is 3.62. The van der Waals surface area contributed by atoms with Crippen LogP contribution in [0.25, 0.3) is 0 Å². The molecule has 0 atom stereocenters. The van der Waals surface area contributed by atoms with Crippen molar-refractivity contribution in [3.63, 3.8) is 0 Å². The smallest absolute Gasteiger partial charge is 0.397 e. The number of nitrogens with one attached hydrogen (secondary N) is 1. The molecular formula is C10H12F3N3O. The quantitative estimate of drug-likeness (QED) is 0.748. The number of amides is 2. The van der Waals surface area contributed by atoms with Crippen LogP contribution in [0.2, 0.25) is 0 Å². The van der Waals surface area contributed by atoms with Crippen LogP contribution in [0.3, 0.4) is 0 Å². The summed E-state index contributed by atoms with van der Waals surface area (Å²) < 4.78 is 37.0. The van der Waals surface area contributed by atoms with Crippen LogP contribution in [0.15, 0.2) is 18.2 Å². The van der Waals surface area contributed by atoms with Crippen LogP contribution in [0.5, 0.6) is 0 Å². The molecule has 0 fully saturated rings. The monoisotopic (exact) mass is 247 g/mol. The summed E-state index contributed by atoms with van der Waals surface area (Å²) in [7, 11) is 3.02. The lowest BCUT2D eigenvalue weighted by atomic mass is 10.1. The molecule has 0 aliphatic heterocycles. The molecular weight excluding hydrogens is 235 g/mol. The lowest BCUT2D eigenvalue weighted by Gasteiger charge is -2.14. The van der Waals surface area contributed by atoms with Gasteiger partial charge in [-0.15, -0.1) is 0 Å². The minimum atomic E-state index is -4.45. The number of halogens is 3. The molecule has 0 saturated heterocycles. The van der Waals surface area contributed by atoms with E-state index in [0.717, 1.165) is 18.2 Å². The first-order valence-electron chi connectivity index (χ1n) is 4.67. The molecule has 4 nitrogen and oxygen atoms in total. The van der Waals surface area contributed by atoms with Crippen molar-refractivity contribution in [3.05, 3.63) is 23.8 Å². The highest BCUT2D eigenvalue weighted by Gasteiger charge is 2.30. The first-order valence-corrected chi connectivity index (χ1v) is 4.67. The standard InChI is InChI=1S/C10H12F3N3O/c1-16(2)9(17)15-8-4-3-6(5-7(8)14)10(11,12)13/h3-5H,14H2,1-2H3,(H,15,17). The number of benzene rings is 1. The molecule has 1 aromatic rings. The van der Waals surface area contributed by atoms with E-state index in [0.29, 0.717) is 0 Å². The molecule has 0 unspecified atom stereocenters. The third-order valence-corrected chi connectivity index (χ3v) is 2.03. The highest BCUT2D eigenvalue weighted by molar-refractivity contribution is 5.92. The van der Waals surface area contributed by atoms with Gasteiger partial charge in [-0.2, -0.15) is 13.2 Å². The van der Waals surface area contributed by atoms with Gasteiger partial charge in [0.1, 0.15) is 0 Å². The Morgan fingerprint density at radius 3 is 2.35 bits per heavy atom. The maximum absolute atomic E-state index is 12.3. The second kappa shape index (κ2) is 4.52. The Morgan fingerprint density at radius 2 is 1.94 bits per heavy atom. The van der Waals surface area contributed by atoms with Gasteiger partial charge in [-0.3, -0.25) is 0 Å². The summed E-state index contributed by atoms with van der Waals surface area (Å²) in [5.74, 6) is 0. The number of rotatable bonds is 1. The molecule has 0 spiro atoms. The van der Waals surface area contributed by atoms with E-state index in [4.69, 9.17) is 5.73 Å². The van der Waals surface area contributed by atoms with Gasteiger partial charge < -0.3 is 16.0 Å². The maximum Gasteiger partial charge on any atom is 0.416 e. The van der Waals surface area contributed by atoms with Crippen LogP contribution in [0.4, 0.5) is 29.3 Å². The van der Waals surface area contributed by atoms with E-state index >= 15 is 0 Å². The Morgan fingerprint density at radius 1 is 1.35 bits per heavy atom. The molecule has 2 amide bonds. The average molecular weight is 247 g/mol. The van der Waals surface area contributed by atoms with Crippen LogP contribution in [0, 0.1) is 0 Å². The number of hydrogen-bond acceptors (Lipinski definition) is 2. The average Bonchev–Trinajstić information content (AvgIpc) is 2.19. The summed E-state index contributed by atoms with van der Waals surface area (Å²) in [6.45, 7) is 0. The van der Waals surface area contributed by atoms with Crippen molar-refractivity contribution >= 4 is 17.4 Å². The summed E-state index contributed by atoms with van der Waals surface area (Å²) in [5, 5.41) is 2.38. The number of nitrogen functional groups attached to an aromatic ring is 1. The summed E-state index contributed by atoms with van der Waals surface area (Å²) in [6.07, 6.45) is -4.45. The zero-order chi connectivity index (χ0) is 13.2. The van der Waals surface area contributed by atoms with Crippen LogP contribution >= 0.6 is 0 Å². The number of nitrogens with two attached hydrogens (primary N) is 1. The van der Waals surface area contributed by atoms with E-state index in [1.807, 2.05) is 0 Å². The van der Waals surface area contributed by atoms with Crippen LogP contribution < -0.4 is 11.1 Å². The fourth-order valence-corrected chi connectivity index (χ4v) is 1.08.